The van der Waals surface area contributed by atoms with Crippen molar-refractivity contribution in [1.82, 2.24) is 0 Å². The van der Waals surface area contributed by atoms with Gasteiger partial charge in [0.05, 0.1) is 6.10 Å². The number of hydrogen-bond acceptors (Lipinski definition) is 1. The highest BCUT2D eigenvalue weighted by Gasteiger charge is 2.25. The molecule has 0 heterocycles. The van der Waals surface area contributed by atoms with Crippen molar-refractivity contribution in [2.45, 2.75) is 25.4 Å². The van der Waals surface area contributed by atoms with Crippen molar-refractivity contribution >= 4 is 0 Å². The first-order chi connectivity index (χ1) is 6.40. The van der Waals surface area contributed by atoms with Crippen molar-refractivity contribution < 1.29 is 4.74 Å². The Hall–Kier alpha value is -0.820. The highest BCUT2D eigenvalue weighted by molar-refractivity contribution is 5.17. The van der Waals surface area contributed by atoms with Crippen LogP contribution in [0.2, 0.25) is 0 Å². The van der Waals surface area contributed by atoms with Gasteiger partial charge in [0.2, 0.25) is 0 Å². The Kier molecular flexibility index (Phi) is 2.65. The Labute approximate surface area is 79.7 Å². The lowest BCUT2D eigenvalue weighted by Crippen LogP contribution is -2.01. The Balaban J connectivity index is 2.02. The van der Waals surface area contributed by atoms with Gasteiger partial charge in [0, 0.05) is 7.11 Å². The molecule has 0 aromatic heterocycles. The van der Waals surface area contributed by atoms with Crippen LogP contribution in [0.25, 0.3) is 0 Å². The average Bonchev–Trinajstić information content (AvgIpc) is 2.99. The first kappa shape index (κ1) is 8.76. The third-order valence-corrected chi connectivity index (χ3v) is 2.70. The summed E-state index contributed by atoms with van der Waals surface area (Å²) in [7, 11) is 1.81. The molecule has 1 unspecified atom stereocenters. The van der Waals surface area contributed by atoms with Gasteiger partial charge < -0.3 is 4.74 Å². The molecule has 0 amide bonds. The predicted octanol–water partition coefficient (Wildman–Crippen LogP) is 3.17. The van der Waals surface area contributed by atoms with E-state index in [0.29, 0.717) is 6.10 Å². The second kappa shape index (κ2) is 3.93. The molecule has 0 radical (unpaired) electrons. The SMILES string of the molecule is COC(CC1CC1)c1ccccc1. The molecule has 0 saturated heterocycles. The molecule has 0 aliphatic heterocycles. The van der Waals surface area contributed by atoms with Gasteiger partial charge in [-0.15, -0.1) is 0 Å². The van der Waals surface area contributed by atoms with Crippen LogP contribution in [0.15, 0.2) is 30.3 Å². The van der Waals surface area contributed by atoms with Crippen LogP contribution >= 0.6 is 0 Å². The summed E-state index contributed by atoms with van der Waals surface area (Å²) in [4.78, 5) is 0. The van der Waals surface area contributed by atoms with Crippen LogP contribution in [0.5, 0.6) is 0 Å². The van der Waals surface area contributed by atoms with E-state index < -0.39 is 0 Å². The van der Waals surface area contributed by atoms with Gasteiger partial charge in [-0.3, -0.25) is 0 Å². The van der Waals surface area contributed by atoms with E-state index in [1.165, 1.54) is 24.8 Å². The molecule has 1 heteroatoms. The molecule has 13 heavy (non-hydrogen) atoms. The molecule has 2 rings (SSSR count). The highest BCUT2D eigenvalue weighted by Crippen LogP contribution is 2.38. The summed E-state index contributed by atoms with van der Waals surface area (Å²) >= 11 is 0. The lowest BCUT2D eigenvalue weighted by Gasteiger charge is -2.14. The molecule has 70 valence electrons. The van der Waals surface area contributed by atoms with Crippen LogP contribution in [-0.4, -0.2) is 7.11 Å². The number of methoxy groups -OCH3 is 1. The van der Waals surface area contributed by atoms with E-state index >= 15 is 0 Å². The Morgan fingerprint density at radius 2 is 2.00 bits per heavy atom. The first-order valence-corrected chi connectivity index (χ1v) is 4.98. The van der Waals surface area contributed by atoms with Crippen molar-refractivity contribution in [3.8, 4) is 0 Å². The van der Waals surface area contributed by atoms with Crippen molar-refractivity contribution in [3.05, 3.63) is 35.9 Å². The second-order valence-corrected chi connectivity index (χ2v) is 3.81. The van der Waals surface area contributed by atoms with E-state index in [4.69, 9.17) is 4.74 Å². The molecule has 0 spiro atoms. The second-order valence-electron chi connectivity index (χ2n) is 3.81. The lowest BCUT2D eigenvalue weighted by atomic mass is 10.0. The Morgan fingerprint density at radius 1 is 1.31 bits per heavy atom. The summed E-state index contributed by atoms with van der Waals surface area (Å²) in [6.45, 7) is 0. The fourth-order valence-electron chi connectivity index (χ4n) is 1.69. The fraction of sp³-hybridized carbons (Fsp3) is 0.500. The van der Waals surface area contributed by atoms with Gasteiger partial charge in [0.25, 0.3) is 0 Å². The smallest absolute Gasteiger partial charge is 0.0823 e. The van der Waals surface area contributed by atoms with Gasteiger partial charge in [0.15, 0.2) is 0 Å². The van der Waals surface area contributed by atoms with Gasteiger partial charge >= 0.3 is 0 Å². The van der Waals surface area contributed by atoms with Gasteiger partial charge in [-0.25, -0.2) is 0 Å². The average molecular weight is 176 g/mol. The van der Waals surface area contributed by atoms with E-state index in [1.807, 2.05) is 6.07 Å². The summed E-state index contributed by atoms with van der Waals surface area (Å²) in [5.74, 6) is 0.921. The third kappa shape index (κ3) is 2.31. The summed E-state index contributed by atoms with van der Waals surface area (Å²) in [5.41, 5.74) is 1.32. The molecule has 1 aromatic rings. The molecular weight excluding hydrogens is 160 g/mol. The topological polar surface area (TPSA) is 9.23 Å². The summed E-state index contributed by atoms with van der Waals surface area (Å²) < 4.78 is 5.49. The maximum absolute atomic E-state index is 5.49. The molecule has 0 bridgehead atoms. The number of ether oxygens (including phenoxy) is 1. The van der Waals surface area contributed by atoms with Crippen LogP contribution in [0.3, 0.4) is 0 Å². The third-order valence-electron chi connectivity index (χ3n) is 2.70. The normalized spacial score (nSPS) is 18.5. The van der Waals surface area contributed by atoms with E-state index in [2.05, 4.69) is 24.3 Å². The van der Waals surface area contributed by atoms with Crippen molar-refractivity contribution in [3.63, 3.8) is 0 Å². The molecule has 1 fully saturated rings. The van der Waals surface area contributed by atoms with E-state index in [-0.39, 0.29) is 0 Å². The zero-order chi connectivity index (χ0) is 9.10. The van der Waals surface area contributed by atoms with Gasteiger partial charge in [0.1, 0.15) is 0 Å². The van der Waals surface area contributed by atoms with E-state index in [0.717, 1.165) is 5.92 Å². The van der Waals surface area contributed by atoms with Crippen LogP contribution in [0, 0.1) is 5.92 Å². The quantitative estimate of drug-likeness (QED) is 0.684. The zero-order valence-electron chi connectivity index (χ0n) is 8.07. The maximum atomic E-state index is 5.49. The molecule has 1 aliphatic rings. The van der Waals surface area contributed by atoms with E-state index in [9.17, 15) is 0 Å². The van der Waals surface area contributed by atoms with Crippen LogP contribution in [-0.2, 0) is 4.74 Å². The molecule has 1 aliphatic carbocycles. The Bertz CT molecular complexity index is 251. The summed E-state index contributed by atoms with van der Waals surface area (Å²) in [5, 5.41) is 0. The van der Waals surface area contributed by atoms with Crippen molar-refractivity contribution in [2.24, 2.45) is 5.92 Å². The van der Waals surface area contributed by atoms with Crippen LogP contribution in [0.4, 0.5) is 0 Å². The van der Waals surface area contributed by atoms with Crippen molar-refractivity contribution in [1.29, 1.82) is 0 Å². The fourth-order valence-corrected chi connectivity index (χ4v) is 1.69. The van der Waals surface area contributed by atoms with Gasteiger partial charge in [-0.2, -0.15) is 0 Å². The van der Waals surface area contributed by atoms with Gasteiger partial charge in [-0.05, 0) is 17.9 Å². The monoisotopic (exact) mass is 176 g/mol. The minimum absolute atomic E-state index is 0.314. The standard InChI is InChI=1S/C12H16O/c1-13-12(9-10-7-8-10)11-5-3-2-4-6-11/h2-6,10,12H,7-9H2,1H3. The number of benzene rings is 1. The minimum atomic E-state index is 0.314. The predicted molar refractivity (Wildman–Crippen MR) is 53.5 cm³/mol. The Morgan fingerprint density at radius 3 is 2.54 bits per heavy atom. The minimum Gasteiger partial charge on any atom is -0.377 e. The van der Waals surface area contributed by atoms with Gasteiger partial charge in [-0.1, -0.05) is 43.2 Å². The summed E-state index contributed by atoms with van der Waals surface area (Å²) in [6, 6.07) is 10.5. The van der Waals surface area contributed by atoms with Crippen molar-refractivity contribution in [2.75, 3.05) is 7.11 Å². The molecular formula is C12H16O. The van der Waals surface area contributed by atoms with Crippen LogP contribution in [0.1, 0.15) is 30.9 Å². The summed E-state index contributed by atoms with van der Waals surface area (Å²) in [6.07, 6.45) is 4.30. The maximum Gasteiger partial charge on any atom is 0.0823 e. The molecule has 1 atom stereocenters. The molecule has 1 nitrogen and oxygen atoms in total. The lowest BCUT2D eigenvalue weighted by molar-refractivity contribution is 0.0907. The zero-order valence-corrected chi connectivity index (χ0v) is 8.07. The number of rotatable bonds is 4. The molecule has 1 saturated carbocycles. The van der Waals surface area contributed by atoms with Crippen LogP contribution < -0.4 is 0 Å². The first-order valence-electron chi connectivity index (χ1n) is 4.98. The van der Waals surface area contributed by atoms with E-state index in [1.54, 1.807) is 7.11 Å². The molecule has 0 N–H and O–H groups in total. The largest absolute Gasteiger partial charge is 0.377 e. The molecule has 1 aromatic carbocycles. The number of hydrogen-bond donors (Lipinski definition) is 0. The highest BCUT2D eigenvalue weighted by atomic mass is 16.5.